The Morgan fingerprint density at radius 1 is 1.11 bits per heavy atom. The molecule has 3 aromatic rings. The second-order valence-corrected chi connectivity index (χ2v) is 8.01. The topological polar surface area (TPSA) is 73.1 Å². The molecule has 1 heterocycles. The molecule has 0 saturated heterocycles. The Hall–Kier alpha value is -1.82. The van der Waals surface area contributed by atoms with E-state index < -0.39 is 5.91 Å². The van der Waals surface area contributed by atoms with Crippen LogP contribution < -0.4 is 14.9 Å². The second-order valence-electron chi connectivity index (χ2n) is 5.69. The molecule has 28 heavy (non-hydrogen) atoms. The summed E-state index contributed by atoms with van der Waals surface area (Å²) in [4.78, 5) is 12.3. The van der Waals surface area contributed by atoms with E-state index in [4.69, 9.17) is 13.9 Å². The summed E-state index contributed by atoms with van der Waals surface area (Å²) in [5, 5.41) is 4.84. The number of halogens is 2. The van der Waals surface area contributed by atoms with Gasteiger partial charge in [0.25, 0.3) is 0 Å². The van der Waals surface area contributed by atoms with Crippen LogP contribution in [0, 0.1) is 7.14 Å². The minimum atomic E-state index is -0.416. The standard InChI is InChI=1S/C20H18I2N2O4/c1-3-26-14-5-6-17-13(9-14)10-18(28-17)20(25)24-23-11-12-7-15(21)19(27-4-2)16(22)8-12/h5-11H,3-4H2,1-2H3,(H,24,25)/b23-11+. The Labute approximate surface area is 189 Å². The lowest BCUT2D eigenvalue weighted by atomic mass is 10.2. The number of hydrazone groups is 1. The summed E-state index contributed by atoms with van der Waals surface area (Å²) in [6.45, 7) is 5.06. The molecule has 3 rings (SSSR count). The van der Waals surface area contributed by atoms with Crippen molar-refractivity contribution in [3.63, 3.8) is 0 Å². The van der Waals surface area contributed by atoms with Gasteiger partial charge in [0.05, 0.1) is 26.6 Å². The fourth-order valence-corrected chi connectivity index (χ4v) is 4.67. The van der Waals surface area contributed by atoms with Crippen molar-refractivity contribution in [3.8, 4) is 11.5 Å². The minimum absolute atomic E-state index is 0.191. The number of amides is 1. The number of nitrogens with one attached hydrogen (secondary N) is 1. The van der Waals surface area contributed by atoms with Crippen LogP contribution in [0.2, 0.25) is 0 Å². The number of furan rings is 1. The van der Waals surface area contributed by atoms with Crippen LogP contribution in [-0.2, 0) is 0 Å². The maximum absolute atomic E-state index is 12.3. The van der Waals surface area contributed by atoms with Gasteiger partial charge in [-0.05, 0) is 101 Å². The van der Waals surface area contributed by atoms with E-state index in [2.05, 4.69) is 55.7 Å². The van der Waals surface area contributed by atoms with Gasteiger partial charge in [0.1, 0.15) is 17.1 Å². The number of benzene rings is 2. The monoisotopic (exact) mass is 604 g/mol. The summed E-state index contributed by atoms with van der Waals surface area (Å²) in [6.07, 6.45) is 1.59. The van der Waals surface area contributed by atoms with Crippen molar-refractivity contribution < 1.29 is 18.7 Å². The van der Waals surface area contributed by atoms with E-state index in [9.17, 15) is 4.79 Å². The number of hydrogen-bond acceptors (Lipinski definition) is 5. The van der Waals surface area contributed by atoms with Crippen molar-refractivity contribution in [1.29, 1.82) is 0 Å². The van der Waals surface area contributed by atoms with Gasteiger partial charge in [0.15, 0.2) is 5.76 Å². The van der Waals surface area contributed by atoms with E-state index in [0.29, 0.717) is 18.8 Å². The van der Waals surface area contributed by atoms with Crippen molar-refractivity contribution in [3.05, 3.63) is 54.9 Å². The summed E-state index contributed by atoms with van der Waals surface area (Å²) in [5.74, 6) is 1.37. The van der Waals surface area contributed by atoms with Crippen LogP contribution in [0.5, 0.6) is 11.5 Å². The number of carbonyl (C=O) groups is 1. The number of rotatable bonds is 7. The first kappa shape index (κ1) is 20.9. The maximum atomic E-state index is 12.3. The maximum Gasteiger partial charge on any atom is 0.307 e. The molecule has 0 fully saturated rings. The van der Waals surface area contributed by atoms with Gasteiger partial charge in [-0.15, -0.1) is 0 Å². The van der Waals surface area contributed by atoms with E-state index in [1.54, 1.807) is 18.3 Å². The molecule has 0 saturated carbocycles. The predicted octanol–water partition coefficient (Wildman–Crippen LogP) is 5.20. The summed E-state index contributed by atoms with van der Waals surface area (Å²) in [7, 11) is 0. The van der Waals surface area contributed by atoms with Crippen LogP contribution in [0.3, 0.4) is 0 Å². The van der Waals surface area contributed by atoms with E-state index in [1.807, 2.05) is 38.1 Å². The fourth-order valence-electron chi connectivity index (χ4n) is 2.55. The third kappa shape index (κ3) is 4.96. The molecule has 0 bridgehead atoms. The molecule has 6 nitrogen and oxygen atoms in total. The van der Waals surface area contributed by atoms with E-state index >= 15 is 0 Å². The number of ether oxygens (including phenoxy) is 2. The zero-order valence-corrected chi connectivity index (χ0v) is 19.6. The first-order valence-corrected chi connectivity index (χ1v) is 10.8. The molecule has 0 atom stereocenters. The second kappa shape index (κ2) is 9.59. The van der Waals surface area contributed by atoms with Gasteiger partial charge in [0, 0.05) is 5.39 Å². The number of hydrogen-bond donors (Lipinski definition) is 1. The number of carbonyl (C=O) groups excluding carboxylic acids is 1. The van der Waals surface area contributed by atoms with Crippen molar-refractivity contribution in [1.82, 2.24) is 5.43 Å². The van der Waals surface area contributed by atoms with Crippen LogP contribution in [0.4, 0.5) is 0 Å². The Balaban J connectivity index is 1.70. The average Bonchev–Trinajstić information content (AvgIpc) is 3.08. The minimum Gasteiger partial charge on any atom is -0.494 e. The van der Waals surface area contributed by atoms with E-state index in [0.717, 1.165) is 29.6 Å². The summed E-state index contributed by atoms with van der Waals surface area (Å²) >= 11 is 4.44. The molecule has 8 heteroatoms. The molecule has 0 unspecified atom stereocenters. The molecule has 0 aliphatic heterocycles. The lowest BCUT2D eigenvalue weighted by Gasteiger charge is -2.09. The first-order chi connectivity index (χ1) is 13.5. The smallest absolute Gasteiger partial charge is 0.307 e. The van der Waals surface area contributed by atoms with E-state index in [-0.39, 0.29) is 5.76 Å². The zero-order chi connectivity index (χ0) is 20.1. The lowest BCUT2D eigenvalue weighted by Crippen LogP contribution is -2.16. The highest BCUT2D eigenvalue weighted by atomic mass is 127. The molecule has 146 valence electrons. The Bertz CT molecular complexity index is 1010. The molecular formula is C20H18I2N2O4. The van der Waals surface area contributed by atoms with Crippen LogP contribution in [0.25, 0.3) is 11.0 Å². The Morgan fingerprint density at radius 2 is 1.82 bits per heavy atom. The quantitative estimate of drug-likeness (QED) is 0.229. The molecule has 1 amide bonds. The molecule has 0 radical (unpaired) electrons. The van der Waals surface area contributed by atoms with Gasteiger partial charge < -0.3 is 13.9 Å². The molecule has 0 aliphatic carbocycles. The Morgan fingerprint density at radius 3 is 2.50 bits per heavy atom. The molecule has 0 spiro atoms. The van der Waals surface area contributed by atoms with Crippen LogP contribution in [-0.4, -0.2) is 25.3 Å². The van der Waals surface area contributed by atoms with E-state index in [1.165, 1.54) is 0 Å². The number of fused-ring (bicyclic) bond motifs is 1. The van der Waals surface area contributed by atoms with Gasteiger partial charge in [-0.1, -0.05) is 0 Å². The summed E-state index contributed by atoms with van der Waals surface area (Å²) in [6, 6.07) is 11.0. The molecule has 1 aromatic heterocycles. The average molecular weight is 604 g/mol. The third-order valence-corrected chi connectivity index (χ3v) is 5.31. The van der Waals surface area contributed by atoms with Crippen LogP contribution in [0.1, 0.15) is 30.0 Å². The van der Waals surface area contributed by atoms with Crippen LogP contribution in [0.15, 0.2) is 45.9 Å². The number of nitrogens with zero attached hydrogens (tertiary/aromatic N) is 1. The molecular weight excluding hydrogens is 586 g/mol. The lowest BCUT2D eigenvalue weighted by molar-refractivity contribution is 0.0929. The first-order valence-electron chi connectivity index (χ1n) is 8.63. The largest absolute Gasteiger partial charge is 0.494 e. The zero-order valence-electron chi connectivity index (χ0n) is 15.3. The highest BCUT2D eigenvalue weighted by molar-refractivity contribution is 14.1. The third-order valence-electron chi connectivity index (χ3n) is 3.71. The van der Waals surface area contributed by atoms with Gasteiger partial charge >= 0.3 is 5.91 Å². The van der Waals surface area contributed by atoms with Gasteiger partial charge in [-0.25, -0.2) is 5.43 Å². The molecule has 2 aromatic carbocycles. The SMILES string of the molecule is CCOc1ccc2oc(C(=O)N/N=C/c3cc(I)c(OCC)c(I)c3)cc2c1. The Kier molecular flexibility index (Phi) is 7.16. The highest BCUT2D eigenvalue weighted by Crippen LogP contribution is 2.28. The van der Waals surface area contributed by atoms with Crippen molar-refractivity contribution >= 4 is 68.3 Å². The van der Waals surface area contributed by atoms with Gasteiger partial charge in [-0.2, -0.15) is 5.10 Å². The predicted molar refractivity (Wildman–Crippen MR) is 125 cm³/mol. The van der Waals surface area contributed by atoms with Crippen molar-refractivity contribution in [2.75, 3.05) is 13.2 Å². The van der Waals surface area contributed by atoms with Crippen LogP contribution >= 0.6 is 45.2 Å². The molecule has 1 N–H and O–H groups in total. The fraction of sp³-hybridized carbons (Fsp3) is 0.200. The summed E-state index contributed by atoms with van der Waals surface area (Å²) < 4.78 is 18.7. The molecule has 0 aliphatic rings. The van der Waals surface area contributed by atoms with Gasteiger partial charge in [0.2, 0.25) is 0 Å². The van der Waals surface area contributed by atoms with Crippen molar-refractivity contribution in [2.45, 2.75) is 13.8 Å². The highest BCUT2D eigenvalue weighted by Gasteiger charge is 2.12. The van der Waals surface area contributed by atoms with Gasteiger partial charge in [-0.3, -0.25) is 4.79 Å². The summed E-state index contributed by atoms with van der Waals surface area (Å²) in [5.41, 5.74) is 3.98. The van der Waals surface area contributed by atoms with Crippen molar-refractivity contribution in [2.24, 2.45) is 5.10 Å². The normalized spacial score (nSPS) is 11.1.